The summed E-state index contributed by atoms with van der Waals surface area (Å²) in [5.74, 6) is 0.00371. The second-order valence-corrected chi connectivity index (χ2v) is 7.83. The summed E-state index contributed by atoms with van der Waals surface area (Å²) in [4.78, 5) is 16.8. The molecule has 0 bridgehead atoms. The molecule has 1 heterocycles. The van der Waals surface area contributed by atoms with Gasteiger partial charge in [0.15, 0.2) is 9.84 Å². The molecule has 3 aromatic rings. The van der Waals surface area contributed by atoms with Crippen molar-refractivity contribution in [3.8, 4) is 0 Å². The van der Waals surface area contributed by atoms with Gasteiger partial charge >= 0.3 is 0 Å². The number of anilines is 1. The quantitative estimate of drug-likeness (QED) is 0.775. The summed E-state index contributed by atoms with van der Waals surface area (Å²) in [6.45, 7) is 0. The first kappa shape index (κ1) is 16.5. The SMILES string of the molecule is Cn1c(NC(=O)c2ccc(S(C)(=O)=O)cc2)nc2cc(Cl)ccc21. The molecule has 8 heteroatoms. The Morgan fingerprint density at radius 2 is 1.83 bits per heavy atom. The van der Waals surface area contributed by atoms with Crippen molar-refractivity contribution in [3.63, 3.8) is 0 Å². The van der Waals surface area contributed by atoms with E-state index >= 15 is 0 Å². The van der Waals surface area contributed by atoms with E-state index in [4.69, 9.17) is 11.6 Å². The summed E-state index contributed by atoms with van der Waals surface area (Å²) in [7, 11) is -1.51. The van der Waals surface area contributed by atoms with Crippen LogP contribution in [0.2, 0.25) is 5.02 Å². The largest absolute Gasteiger partial charge is 0.313 e. The van der Waals surface area contributed by atoms with Crippen LogP contribution >= 0.6 is 11.6 Å². The molecule has 3 rings (SSSR count). The fraction of sp³-hybridized carbons (Fsp3) is 0.125. The molecule has 0 spiro atoms. The van der Waals surface area contributed by atoms with Gasteiger partial charge in [-0.2, -0.15) is 0 Å². The van der Waals surface area contributed by atoms with E-state index < -0.39 is 9.84 Å². The van der Waals surface area contributed by atoms with Crippen LogP contribution in [0, 0.1) is 0 Å². The van der Waals surface area contributed by atoms with E-state index in [1.807, 2.05) is 6.07 Å². The zero-order valence-corrected chi connectivity index (χ0v) is 14.5. The van der Waals surface area contributed by atoms with Crippen LogP contribution in [0.3, 0.4) is 0 Å². The van der Waals surface area contributed by atoms with Crippen molar-refractivity contribution in [1.29, 1.82) is 0 Å². The summed E-state index contributed by atoms with van der Waals surface area (Å²) in [5.41, 5.74) is 1.85. The van der Waals surface area contributed by atoms with Crippen molar-refractivity contribution in [2.75, 3.05) is 11.6 Å². The number of aromatic nitrogens is 2. The number of halogens is 1. The second-order valence-electron chi connectivity index (χ2n) is 5.38. The minimum Gasteiger partial charge on any atom is -0.313 e. The highest BCUT2D eigenvalue weighted by molar-refractivity contribution is 7.90. The van der Waals surface area contributed by atoms with Crippen LogP contribution in [0.1, 0.15) is 10.4 Å². The maximum atomic E-state index is 12.3. The molecule has 6 nitrogen and oxygen atoms in total. The lowest BCUT2D eigenvalue weighted by Crippen LogP contribution is -2.15. The third-order valence-electron chi connectivity index (χ3n) is 3.61. The summed E-state index contributed by atoms with van der Waals surface area (Å²) >= 11 is 5.95. The maximum absolute atomic E-state index is 12.3. The van der Waals surface area contributed by atoms with Crippen molar-refractivity contribution < 1.29 is 13.2 Å². The first-order chi connectivity index (χ1) is 11.3. The van der Waals surface area contributed by atoms with E-state index in [1.54, 1.807) is 23.7 Å². The van der Waals surface area contributed by atoms with Crippen molar-refractivity contribution in [1.82, 2.24) is 9.55 Å². The Hall–Kier alpha value is -2.38. The minimum atomic E-state index is -3.29. The number of aryl methyl sites for hydroxylation is 1. The maximum Gasteiger partial charge on any atom is 0.257 e. The van der Waals surface area contributed by atoms with Crippen LogP contribution in [0.4, 0.5) is 5.95 Å². The van der Waals surface area contributed by atoms with Gasteiger partial charge in [-0.1, -0.05) is 11.6 Å². The number of hydrogen-bond donors (Lipinski definition) is 1. The molecule has 1 amide bonds. The highest BCUT2D eigenvalue weighted by Crippen LogP contribution is 2.22. The minimum absolute atomic E-state index is 0.163. The number of sulfone groups is 1. The molecule has 24 heavy (non-hydrogen) atoms. The van der Waals surface area contributed by atoms with Gasteiger partial charge in [0.05, 0.1) is 15.9 Å². The Kier molecular flexibility index (Phi) is 4.06. The van der Waals surface area contributed by atoms with Crippen LogP contribution in [-0.4, -0.2) is 30.1 Å². The van der Waals surface area contributed by atoms with Crippen molar-refractivity contribution >= 4 is 44.3 Å². The Bertz CT molecular complexity index is 1040. The average Bonchev–Trinajstić information content (AvgIpc) is 2.82. The number of fused-ring (bicyclic) bond motifs is 1. The molecule has 0 aliphatic rings. The lowest BCUT2D eigenvalue weighted by molar-refractivity contribution is 0.102. The van der Waals surface area contributed by atoms with Crippen molar-refractivity contribution in [2.45, 2.75) is 4.90 Å². The van der Waals surface area contributed by atoms with Crippen LogP contribution in [0.25, 0.3) is 11.0 Å². The predicted octanol–water partition coefficient (Wildman–Crippen LogP) is 2.88. The lowest BCUT2D eigenvalue weighted by Gasteiger charge is -2.06. The highest BCUT2D eigenvalue weighted by atomic mass is 35.5. The highest BCUT2D eigenvalue weighted by Gasteiger charge is 2.14. The molecule has 0 saturated heterocycles. The van der Waals surface area contributed by atoms with Gasteiger partial charge in [0, 0.05) is 23.9 Å². The molecule has 1 aromatic heterocycles. The first-order valence-electron chi connectivity index (χ1n) is 6.99. The third-order valence-corrected chi connectivity index (χ3v) is 4.98. The van der Waals surface area contributed by atoms with Crippen molar-refractivity contribution in [3.05, 3.63) is 53.1 Å². The average molecular weight is 364 g/mol. The Morgan fingerprint density at radius 1 is 1.17 bits per heavy atom. The topological polar surface area (TPSA) is 81.1 Å². The molecule has 0 saturated carbocycles. The molecule has 0 atom stereocenters. The van der Waals surface area contributed by atoms with Crippen LogP contribution in [-0.2, 0) is 16.9 Å². The molecule has 124 valence electrons. The number of nitrogens with zero attached hydrogens (tertiary/aromatic N) is 2. The van der Waals surface area contributed by atoms with Gasteiger partial charge in [0.25, 0.3) is 5.91 Å². The van der Waals surface area contributed by atoms with Gasteiger partial charge in [0.1, 0.15) is 0 Å². The zero-order chi connectivity index (χ0) is 17.5. The monoisotopic (exact) mass is 363 g/mol. The van der Waals surface area contributed by atoms with Gasteiger partial charge < -0.3 is 4.57 Å². The standard InChI is InChI=1S/C16H14ClN3O3S/c1-20-14-8-5-11(17)9-13(14)18-16(20)19-15(21)10-3-6-12(7-4-10)24(2,22)23/h3-9H,1-2H3,(H,18,19,21). The molecular formula is C16H14ClN3O3S. The lowest BCUT2D eigenvalue weighted by atomic mass is 10.2. The number of carbonyl (C=O) groups is 1. The fourth-order valence-electron chi connectivity index (χ4n) is 2.31. The summed E-state index contributed by atoms with van der Waals surface area (Å²) < 4.78 is 24.6. The molecule has 0 radical (unpaired) electrons. The third kappa shape index (κ3) is 3.13. The van der Waals surface area contributed by atoms with Gasteiger partial charge in [0.2, 0.25) is 5.95 Å². The van der Waals surface area contributed by atoms with Crippen LogP contribution < -0.4 is 5.32 Å². The van der Waals surface area contributed by atoms with Gasteiger partial charge in [-0.05, 0) is 42.5 Å². The van der Waals surface area contributed by atoms with Crippen LogP contribution in [0.15, 0.2) is 47.4 Å². The first-order valence-corrected chi connectivity index (χ1v) is 9.26. The summed E-state index contributed by atoms with van der Waals surface area (Å²) in [6, 6.07) is 11.0. The second kappa shape index (κ2) is 5.92. The number of hydrogen-bond acceptors (Lipinski definition) is 4. The molecule has 2 aromatic carbocycles. The molecule has 0 aliphatic carbocycles. The summed E-state index contributed by atoms with van der Waals surface area (Å²) in [5, 5.41) is 3.28. The molecule has 0 fully saturated rings. The Labute approximate surface area is 144 Å². The van der Waals surface area contributed by atoms with Gasteiger partial charge in [-0.25, -0.2) is 13.4 Å². The van der Waals surface area contributed by atoms with Crippen molar-refractivity contribution in [2.24, 2.45) is 7.05 Å². The zero-order valence-electron chi connectivity index (χ0n) is 12.9. The number of imidazole rings is 1. The Balaban J connectivity index is 1.88. The molecule has 0 aliphatic heterocycles. The number of carbonyl (C=O) groups excluding carboxylic acids is 1. The van der Waals surface area contributed by atoms with Crippen LogP contribution in [0.5, 0.6) is 0 Å². The van der Waals surface area contributed by atoms with E-state index in [0.717, 1.165) is 11.8 Å². The van der Waals surface area contributed by atoms with E-state index in [0.29, 0.717) is 22.1 Å². The van der Waals surface area contributed by atoms with E-state index in [1.165, 1.54) is 24.3 Å². The number of benzene rings is 2. The fourth-order valence-corrected chi connectivity index (χ4v) is 3.11. The number of amides is 1. The normalized spacial score (nSPS) is 11.6. The van der Waals surface area contributed by atoms with E-state index in [2.05, 4.69) is 10.3 Å². The Morgan fingerprint density at radius 3 is 2.46 bits per heavy atom. The number of rotatable bonds is 3. The van der Waals surface area contributed by atoms with E-state index in [9.17, 15) is 13.2 Å². The van der Waals surface area contributed by atoms with E-state index in [-0.39, 0.29) is 10.8 Å². The van der Waals surface area contributed by atoms with Gasteiger partial charge in [-0.15, -0.1) is 0 Å². The predicted molar refractivity (Wildman–Crippen MR) is 93.2 cm³/mol. The van der Waals surface area contributed by atoms with Gasteiger partial charge in [-0.3, -0.25) is 10.1 Å². The smallest absolute Gasteiger partial charge is 0.257 e. The molecule has 0 unspecified atom stereocenters. The summed E-state index contributed by atoms with van der Waals surface area (Å²) in [6.07, 6.45) is 1.12. The number of nitrogens with one attached hydrogen (secondary N) is 1. The molecular weight excluding hydrogens is 350 g/mol. The molecule has 1 N–H and O–H groups in total.